The lowest BCUT2D eigenvalue weighted by atomic mass is 9.81. The molecule has 1 unspecified atom stereocenters. The molecule has 0 saturated carbocycles. The molecule has 2 N–H and O–H groups in total. The summed E-state index contributed by atoms with van der Waals surface area (Å²) in [5.41, 5.74) is -0.363. The van der Waals surface area contributed by atoms with Crippen molar-refractivity contribution in [3.8, 4) is 0 Å². The van der Waals surface area contributed by atoms with Crippen LogP contribution in [0.25, 0.3) is 0 Å². The summed E-state index contributed by atoms with van der Waals surface area (Å²) in [7, 11) is 0. The van der Waals surface area contributed by atoms with Gasteiger partial charge in [-0.25, -0.2) is 8.78 Å². The monoisotopic (exact) mass is 285 g/mol. The molecule has 0 saturated heterocycles. The molecule has 0 heterocycles. The third kappa shape index (κ3) is 5.17. The summed E-state index contributed by atoms with van der Waals surface area (Å²) in [5, 5.41) is 13.2. The van der Waals surface area contributed by atoms with E-state index in [1.807, 2.05) is 13.8 Å². The van der Waals surface area contributed by atoms with Gasteiger partial charge in [0.05, 0.1) is 11.7 Å². The molecule has 1 rings (SSSR count). The van der Waals surface area contributed by atoms with Crippen molar-refractivity contribution in [3.05, 3.63) is 35.4 Å². The third-order valence-electron chi connectivity index (χ3n) is 3.08. The maximum atomic E-state index is 13.6. The average molecular weight is 285 g/mol. The van der Waals surface area contributed by atoms with E-state index in [4.69, 9.17) is 0 Å². The maximum absolute atomic E-state index is 13.6. The van der Waals surface area contributed by atoms with Gasteiger partial charge in [-0.3, -0.25) is 0 Å². The van der Waals surface area contributed by atoms with Crippen LogP contribution in [0.15, 0.2) is 18.2 Å². The molecule has 114 valence electrons. The van der Waals surface area contributed by atoms with Gasteiger partial charge in [-0.05, 0) is 37.8 Å². The lowest BCUT2D eigenvalue weighted by Gasteiger charge is -2.34. The number of nitrogens with one attached hydrogen (secondary N) is 1. The van der Waals surface area contributed by atoms with Crippen LogP contribution in [0.4, 0.5) is 8.78 Å². The number of rotatable bonds is 5. The van der Waals surface area contributed by atoms with Crippen molar-refractivity contribution in [1.82, 2.24) is 5.32 Å². The summed E-state index contributed by atoms with van der Waals surface area (Å²) in [5.74, 6) is -1.43. The summed E-state index contributed by atoms with van der Waals surface area (Å²) in [6.07, 6.45) is -0.317. The van der Waals surface area contributed by atoms with Crippen molar-refractivity contribution < 1.29 is 13.9 Å². The van der Waals surface area contributed by atoms with Gasteiger partial charge in [-0.2, -0.15) is 0 Å². The van der Waals surface area contributed by atoms with E-state index in [2.05, 4.69) is 26.1 Å². The van der Waals surface area contributed by atoms with E-state index in [1.54, 1.807) is 0 Å². The number of hydrogen-bond acceptors (Lipinski definition) is 2. The number of aliphatic hydroxyl groups excluding tert-OH is 1. The van der Waals surface area contributed by atoms with Crippen LogP contribution in [0.2, 0.25) is 0 Å². The molecule has 0 aliphatic heterocycles. The first-order chi connectivity index (χ1) is 9.02. The fourth-order valence-electron chi connectivity index (χ4n) is 2.69. The molecule has 0 radical (unpaired) electrons. The smallest absolute Gasteiger partial charge is 0.131 e. The summed E-state index contributed by atoms with van der Waals surface area (Å²) in [4.78, 5) is 0. The van der Waals surface area contributed by atoms with Gasteiger partial charge < -0.3 is 10.4 Å². The van der Waals surface area contributed by atoms with Crippen molar-refractivity contribution in [2.45, 2.75) is 52.7 Å². The Morgan fingerprint density at radius 3 is 2.05 bits per heavy atom. The Kier molecular flexibility index (Phi) is 5.27. The lowest BCUT2D eigenvalue weighted by molar-refractivity contribution is 0.141. The Morgan fingerprint density at radius 1 is 1.10 bits per heavy atom. The van der Waals surface area contributed by atoms with Gasteiger partial charge in [0.1, 0.15) is 11.6 Å². The first-order valence-corrected chi connectivity index (χ1v) is 6.89. The number of hydrogen-bond donors (Lipinski definition) is 2. The normalized spacial score (nSPS) is 14.4. The van der Waals surface area contributed by atoms with E-state index in [0.29, 0.717) is 0 Å². The summed E-state index contributed by atoms with van der Waals surface area (Å²) in [6, 6.07) is 3.60. The van der Waals surface area contributed by atoms with E-state index >= 15 is 0 Å². The van der Waals surface area contributed by atoms with Gasteiger partial charge in [0.15, 0.2) is 0 Å². The molecule has 1 atom stereocenters. The highest BCUT2D eigenvalue weighted by Crippen LogP contribution is 2.27. The molecule has 2 nitrogen and oxygen atoms in total. The standard InChI is InChI=1S/C16H25F2NO/c1-15(2,3)10-16(4,5)19-9-13(20)14-11(17)7-6-8-12(14)18/h6-8,13,19-20H,9-10H2,1-5H3. The third-order valence-corrected chi connectivity index (χ3v) is 3.08. The number of benzene rings is 1. The van der Waals surface area contributed by atoms with Crippen LogP contribution in [0, 0.1) is 17.0 Å². The Balaban J connectivity index is 2.70. The summed E-state index contributed by atoms with van der Waals surface area (Å²) >= 11 is 0. The molecule has 0 amide bonds. The van der Waals surface area contributed by atoms with Crippen LogP contribution in [0.1, 0.15) is 52.7 Å². The molecule has 0 aliphatic carbocycles. The zero-order valence-electron chi connectivity index (χ0n) is 12.9. The first-order valence-electron chi connectivity index (χ1n) is 6.89. The van der Waals surface area contributed by atoms with E-state index in [0.717, 1.165) is 18.6 Å². The largest absolute Gasteiger partial charge is 0.387 e. The highest BCUT2D eigenvalue weighted by molar-refractivity contribution is 5.22. The number of β-amino-alcohol motifs (C(OH)–C–C–N with tert-alkyl or cyclic N) is 1. The molecule has 1 aromatic rings. The second-order valence-corrected chi connectivity index (χ2v) is 7.15. The van der Waals surface area contributed by atoms with Crippen LogP contribution < -0.4 is 5.32 Å². The van der Waals surface area contributed by atoms with Gasteiger partial charge in [-0.1, -0.05) is 26.8 Å². The molecule has 4 heteroatoms. The van der Waals surface area contributed by atoms with Gasteiger partial charge >= 0.3 is 0 Å². The molecular weight excluding hydrogens is 260 g/mol. The number of aliphatic hydroxyl groups is 1. The van der Waals surface area contributed by atoms with Crippen molar-refractivity contribution in [1.29, 1.82) is 0 Å². The molecule has 0 aliphatic rings. The maximum Gasteiger partial charge on any atom is 0.131 e. The van der Waals surface area contributed by atoms with Crippen LogP contribution in [0.3, 0.4) is 0 Å². The van der Waals surface area contributed by atoms with E-state index < -0.39 is 17.7 Å². The SMILES string of the molecule is CC(C)(C)CC(C)(C)NCC(O)c1c(F)cccc1F. The predicted molar refractivity (Wildman–Crippen MR) is 77.5 cm³/mol. The predicted octanol–water partition coefficient (Wildman–Crippen LogP) is 3.80. The van der Waals surface area contributed by atoms with Gasteiger partial charge in [0, 0.05) is 12.1 Å². The van der Waals surface area contributed by atoms with Crippen molar-refractivity contribution >= 4 is 0 Å². The highest BCUT2D eigenvalue weighted by atomic mass is 19.1. The van der Waals surface area contributed by atoms with E-state index in [9.17, 15) is 13.9 Å². The molecule has 20 heavy (non-hydrogen) atoms. The molecule has 0 fully saturated rings. The van der Waals surface area contributed by atoms with Gasteiger partial charge in [0.25, 0.3) is 0 Å². The Labute approximate surface area is 120 Å². The minimum absolute atomic E-state index is 0.112. The topological polar surface area (TPSA) is 32.3 Å². The highest BCUT2D eigenvalue weighted by Gasteiger charge is 2.26. The van der Waals surface area contributed by atoms with E-state index in [-0.39, 0.29) is 23.1 Å². The van der Waals surface area contributed by atoms with Crippen molar-refractivity contribution in [2.75, 3.05) is 6.54 Å². The summed E-state index contributed by atoms with van der Waals surface area (Å²) < 4.78 is 27.1. The van der Waals surface area contributed by atoms with Crippen LogP contribution in [-0.2, 0) is 0 Å². The second-order valence-electron chi connectivity index (χ2n) is 7.15. The summed E-state index contributed by atoms with van der Waals surface area (Å²) in [6.45, 7) is 10.5. The lowest BCUT2D eigenvalue weighted by Crippen LogP contribution is -2.44. The zero-order valence-corrected chi connectivity index (χ0v) is 12.9. The van der Waals surface area contributed by atoms with Gasteiger partial charge in [-0.15, -0.1) is 0 Å². The Morgan fingerprint density at radius 2 is 1.60 bits per heavy atom. The fraction of sp³-hybridized carbons (Fsp3) is 0.625. The van der Waals surface area contributed by atoms with Gasteiger partial charge in [0.2, 0.25) is 0 Å². The average Bonchev–Trinajstić information content (AvgIpc) is 2.23. The van der Waals surface area contributed by atoms with Crippen LogP contribution in [-0.4, -0.2) is 17.2 Å². The Bertz CT molecular complexity index is 432. The van der Waals surface area contributed by atoms with Crippen molar-refractivity contribution in [2.24, 2.45) is 5.41 Å². The van der Waals surface area contributed by atoms with E-state index in [1.165, 1.54) is 6.07 Å². The molecule has 1 aromatic carbocycles. The minimum atomic E-state index is -1.20. The molecular formula is C16H25F2NO. The Hall–Kier alpha value is -1.00. The van der Waals surface area contributed by atoms with Crippen LogP contribution in [0.5, 0.6) is 0 Å². The molecule has 0 aromatic heterocycles. The van der Waals surface area contributed by atoms with Crippen LogP contribution >= 0.6 is 0 Å². The quantitative estimate of drug-likeness (QED) is 0.862. The second kappa shape index (κ2) is 6.19. The fourth-order valence-corrected chi connectivity index (χ4v) is 2.69. The first kappa shape index (κ1) is 17.1. The molecule has 0 spiro atoms. The zero-order chi connectivity index (χ0) is 15.6. The molecule has 0 bridgehead atoms. The number of halogens is 2. The van der Waals surface area contributed by atoms with Crippen molar-refractivity contribution in [3.63, 3.8) is 0 Å². The minimum Gasteiger partial charge on any atom is -0.387 e.